The largest absolute Gasteiger partial charge is 0.467 e. The molecule has 0 fully saturated rings. The first kappa shape index (κ1) is 17.9. The summed E-state index contributed by atoms with van der Waals surface area (Å²) < 4.78 is 11.5. The third kappa shape index (κ3) is 4.10. The molecule has 140 valence electrons. The van der Waals surface area contributed by atoms with Gasteiger partial charge in [-0.25, -0.2) is 5.10 Å². The summed E-state index contributed by atoms with van der Waals surface area (Å²) in [4.78, 5) is 12.2. The minimum atomic E-state index is -0.234. The Morgan fingerprint density at radius 2 is 1.54 bits per heavy atom. The SMILES string of the molecule is O=c1[nH]nc(Cc2ccccc2)c2c(OCOCc3ccccc3)cccc12. The molecule has 28 heavy (non-hydrogen) atoms. The molecule has 1 aromatic heterocycles. The van der Waals surface area contributed by atoms with Crippen molar-refractivity contribution in [2.24, 2.45) is 0 Å². The Balaban J connectivity index is 1.57. The molecule has 1 heterocycles. The molecule has 0 bridgehead atoms. The number of rotatable bonds is 7. The van der Waals surface area contributed by atoms with Crippen molar-refractivity contribution in [1.82, 2.24) is 10.2 Å². The zero-order chi connectivity index (χ0) is 19.2. The third-order valence-corrected chi connectivity index (χ3v) is 4.48. The summed E-state index contributed by atoms with van der Waals surface area (Å²) in [5.74, 6) is 0.593. The highest BCUT2D eigenvalue weighted by molar-refractivity contribution is 5.89. The number of aromatic amines is 1. The summed E-state index contributed by atoms with van der Waals surface area (Å²) in [5, 5.41) is 8.14. The van der Waals surface area contributed by atoms with Gasteiger partial charge in [0.15, 0.2) is 6.79 Å². The van der Waals surface area contributed by atoms with Gasteiger partial charge in [-0.1, -0.05) is 66.7 Å². The molecule has 4 rings (SSSR count). The average molecular weight is 372 g/mol. The monoisotopic (exact) mass is 372 g/mol. The van der Waals surface area contributed by atoms with Crippen molar-refractivity contribution in [3.63, 3.8) is 0 Å². The fourth-order valence-corrected chi connectivity index (χ4v) is 3.13. The Kier molecular flexibility index (Phi) is 5.45. The highest BCUT2D eigenvalue weighted by atomic mass is 16.7. The van der Waals surface area contributed by atoms with Crippen LogP contribution in [0.2, 0.25) is 0 Å². The number of hydrogen-bond acceptors (Lipinski definition) is 4. The fraction of sp³-hybridized carbons (Fsp3) is 0.130. The topological polar surface area (TPSA) is 64.2 Å². The van der Waals surface area contributed by atoms with Gasteiger partial charge in [-0.05, 0) is 23.3 Å². The summed E-state index contributed by atoms with van der Waals surface area (Å²) in [6, 6.07) is 25.3. The van der Waals surface area contributed by atoms with E-state index >= 15 is 0 Å². The van der Waals surface area contributed by atoms with Crippen LogP contribution >= 0.6 is 0 Å². The molecule has 5 heteroatoms. The van der Waals surface area contributed by atoms with Gasteiger partial charge in [-0.3, -0.25) is 4.79 Å². The Morgan fingerprint density at radius 1 is 0.821 bits per heavy atom. The van der Waals surface area contributed by atoms with Crippen LogP contribution in [-0.2, 0) is 17.8 Å². The van der Waals surface area contributed by atoms with Crippen LogP contribution in [0.5, 0.6) is 5.75 Å². The van der Waals surface area contributed by atoms with Crippen molar-refractivity contribution < 1.29 is 9.47 Å². The van der Waals surface area contributed by atoms with Crippen LogP contribution in [0, 0.1) is 0 Å². The molecule has 1 N–H and O–H groups in total. The van der Waals surface area contributed by atoms with E-state index < -0.39 is 0 Å². The second-order valence-corrected chi connectivity index (χ2v) is 6.44. The molecule has 0 unspecified atom stereocenters. The average Bonchev–Trinajstić information content (AvgIpc) is 2.75. The highest BCUT2D eigenvalue weighted by Crippen LogP contribution is 2.27. The molecule has 0 spiro atoms. The van der Waals surface area contributed by atoms with Crippen LogP contribution in [0.4, 0.5) is 0 Å². The Hall–Kier alpha value is -3.44. The molecule has 0 aliphatic rings. The van der Waals surface area contributed by atoms with Gasteiger partial charge in [-0.2, -0.15) is 5.10 Å². The molecule has 0 saturated carbocycles. The van der Waals surface area contributed by atoms with E-state index in [1.807, 2.05) is 66.7 Å². The van der Waals surface area contributed by atoms with Gasteiger partial charge in [0, 0.05) is 6.42 Å². The molecule has 0 radical (unpaired) electrons. The lowest BCUT2D eigenvalue weighted by molar-refractivity contribution is 0.00586. The molecule has 0 atom stereocenters. The van der Waals surface area contributed by atoms with Crippen LogP contribution in [0.15, 0.2) is 83.7 Å². The zero-order valence-corrected chi connectivity index (χ0v) is 15.3. The van der Waals surface area contributed by atoms with Gasteiger partial charge >= 0.3 is 0 Å². The number of nitrogens with zero attached hydrogens (tertiary/aromatic N) is 1. The first-order valence-electron chi connectivity index (χ1n) is 9.10. The van der Waals surface area contributed by atoms with Gasteiger partial charge < -0.3 is 9.47 Å². The van der Waals surface area contributed by atoms with Crippen LogP contribution in [-0.4, -0.2) is 17.0 Å². The lowest BCUT2D eigenvalue weighted by Crippen LogP contribution is -2.13. The fourth-order valence-electron chi connectivity index (χ4n) is 3.13. The predicted octanol–water partition coefficient (Wildman–Crippen LogP) is 4.07. The molecule has 4 aromatic rings. The molecule has 3 aromatic carbocycles. The van der Waals surface area contributed by atoms with Gasteiger partial charge in [0.25, 0.3) is 5.56 Å². The van der Waals surface area contributed by atoms with Crippen molar-refractivity contribution in [2.45, 2.75) is 13.0 Å². The highest BCUT2D eigenvalue weighted by Gasteiger charge is 2.13. The summed E-state index contributed by atoms with van der Waals surface area (Å²) in [7, 11) is 0. The first-order valence-corrected chi connectivity index (χ1v) is 9.10. The van der Waals surface area contributed by atoms with E-state index in [-0.39, 0.29) is 12.4 Å². The number of hydrogen-bond donors (Lipinski definition) is 1. The Morgan fingerprint density at radius 3 is 2.29 bits per heavy atom. The normalized spacial score (nSPS) is 10.9. The van der Waals surface area contributed by atoms with Gasteiger partial charge in [-0.15, -0.1) is 0 Å². The molecular weight excluding hydrogens is 352 g/mol. The van der Waals surface area contributed by atoms with Crippen molar-refractivity contribution in [2.75, 3.05) is 6.79 Å². The number of benzene rings is 3. The molecule has 5 nitrogen and oxygen atoms in total. The molecule has 0 aliphatic carbocycles. The quantitative estimate of drug-likeness (QED) is 0.392. The maximum atomic E-state index is 12.2. The number of H-pyrrole nitrogens is 1. The lowest BCUT2D eigenvalue weighted by Gasteiger charge is -2.12. The van der Waals surface area contributed by atoms with E-state index in [1.54, 1.807) is 12.1 Å². The first-order chi connectivity index (χ1) is 13.8. The van der Waals surface area contributed by atoms with Crippen molar-refractivity contribution in [1.29, 1.82) is 0 Å². The standard InChI is InChI=1S/C23H20N2O3/c26-23-19-12-7-13-21(28-16-27-15-18-10-5-2-6-11-18)22(19)20(24-25-23)14-17-8-3-1-4-9-17/h1-13H,14-16H2,(H,25,26). The van der Waals surface area contributed by atoms with Crippen LogP contribution in [0.1, 0.15) is 16.8 Å². The van der Waals surface area contributed by atoms with E-state index in [1.165, 1.54) is 0 Å². The minimum Gasteiger partial charge on any atom is -0.467 e. The van der Waals surface area contributed by atoms with E-state index in [9.17, 15) is 4.79 Å². The smallest absolute Gasteiger partial charge is 0.272 e. The maximum absolute atomic E-state index is 12.2. The van der Waals surface area contributed by atoms with E-state index in [0.29, 0.717) is 24.2 Å². The van der Waals surface area contributed by atoms with Crippen LogP contribution in [0.3, 0.4) is 0 Å². The molecule has 0 aliphatic heterocycles. The number of nitrogens with one attached hydrogen (secondary N) is 1. The molecule has 0 saturated heterocycles. The second kappa shape index (κ2) is 8.50. The van der Waals surface area contributed by atoms with Crippen LogP contribution in [0.25, 0.3) is 10.8 Å². The number of fused-ring (bicyclic) bond motifs is 1. The number of aromatic nitrogens is 2. The Labute approximate surface area is 162 Å². The van der Waals surface area contributed by atoms with E-state index in [4.69, 9.17) is 9.47 Å². The van der Waals surface area contributed by atoms with Gasteiger partial charge in [0.05, 0.1) is 23.1 Å². The summed E-state index contributed by atoms with van der Waals surface area (Å²) >= 11 is 0. The molecular formula is C23H20N2O3. The van der Waals surface area contributed by atoms with Crippen molar-refractivity contribution in [3.8, 4) is 5.75 Å². The second-order valence-electron chi connectivity index (χ2n) is 6.44. The van der Waals surface area contributed by atoms with E-state index in [2.05, 4.69) is 10.2 Å². The number of ether oxygens (including phenoxy) is 2. The minimum absolute atomic E-state index is 0.0889. The van der Waals surface area contributed by atoms with Gasteiger partial charge in [0.1, 0.15) is 5.75 Å². The zero-order valence-electron chi connectivity index (χ0n) is 15.3. The lowest BCUT2D eigenvalue weighted by atomic mass is 10.0. The summed E-state index contributed by atoms with van der Waals surface area (Å²) in [5.41, 5.74) is 2.72. The van der Waals surface area contributed by atoms with Crippen molar-refractivity contribution in [3.05, 3.63) is 106 Å². The summed E-state index contributed by atoms with van der Waals surface area (Å²) in [6.07, 6.45) is 0.597. The predicted molar refractivity (Wildman–Crippen MR) is 108 cm³/mol. The summed E-state index contributed by atoms with van der Waals surface area (Å²) in [6.45, 7) is 0.549. The van der Waals surface area contributed by atoms with E-state index in [0.717, 1.165) is 22.2 Å². The maximum Gasteiger partial charge on any atom is 0.272 e. The van der Waals surface area contributed by atoms with Gasteiger partial charge in [0.2, 0.25) is 0 Å². The van der Waals surface area contributed by atoms with Crippen LogP contribution < -0.4 is 10.3 Å². The third-order valence-electron chi connectivity index (χ3n) is 4.48. The van der Waals surface area contributed by atoms with Crippen molar-refractivity contribution >= 4 is 10.8 Å². The molecule has 0 amide bonds. The Bertz CT molecular complexity index is 1110.